The maximum Gasteiger partial charge on any atom is 0.325 e. The number of fused-ring (bicyclic) bond motifs is 1. The zero-order chi connectivity index (χ0) is 15.8. The Hall–Kier alpha value is -1.39. The van der Waals surface area contributed by atoms with Crippen molar-refractivity contribution in [2.24, 2.45) is 17.8 Å². The molecule has 0 bridgehead atoms. The molecule has 0 amide bonds. The number of aliphatic carboxylic acids is 1. The van der Waals surface area contributed by atoms with Crippen LogP contribution in [0.1, 0.15) is 30.9 Å². The molecule has 3 aliphatic rings. The molecule has 4 rings (SSSR count). The smallest absolute Gasteiger partial charge is 0.325 e. The number of carboxylic acids is 1. The Morgan fingerprint density at radius 3 is 2.30 bits per heavy atom. The first-order chi connectivity index (χ1) is 11.2. The highest BCUT2D eigenvalue weighted by Crippen LogP contribution is 2.54. The van der Waals surface area contributed by atoms with Gasteiger partial charge in [0.25, 0.3) is 0 Å². The third-order valence-electron chi connectivity index (χ3n) is 5.98. The maximum absolute atomic E-state index is 11.7. The Balaban J connectivity index is 1.33. The topological polar surface area (TPSA) is 43.8 Å². The number of piperazine rings is 1. The first-order valence-corrected chi connectivity index (χ1v) is 8.95. The third-order valence-corrected chi connectivity index (χ3v) is 5.98. The predicted molar refractivity (Wildman–Crippen MR) is 89.2 cm³/mol. The van der Waals surface area contributed by atoms with Crippen LogP contribution in [-0.2, 0) is 4.79 Å². The lowest BCUT2D eigenvalue weighted by Crippen LogP contribution is -2.50. The molecule has 3 atom stereocenters. The third kappa shape index (κ3) is 3.29. The van der Waals surface area contributed by atoms with E-state index in [4.69, 9.17) is 0 Å². The lowest BCUT2D eigenvalue weighted by molar-refractivity contribution is -0.144. The minimum Gasteiger partial charge on any atom is -0.480 e. The molecule has 4 nitrogen and oxygen atoms in total. The molecule has 3 unspecified atom stereocenters. The zero-order valence-corrected chi connectivity index (χ0v) is 13.6. The van der Waals surface area contributed by atoms with Crippen molar-refractivity contribution in [3.05, 3.63) is 35.9 Å². The average molecular weight is 314 g/mol. The normalized spacial score (nSPS) is 32.4. The fourth-order valence-electron chi connectivity index (χ4n) is 4.70. The molecule has 0 aromatic heterocycles. The van der Waals surface area contributed by atoms with Gasteiger partial charge >= 0.3 is 5.97 Å². The summed E-state index contributed by atoms with van der Waals surface area (Å²) in [5.74, 6) is 2.27. The van der Waals surface area contributed by atoms with E-state index in [1.165, 1.54) is 25.8 Å². The molecule has 1 N–H and O–H groups in total. The van der Waals surface area contributed by atoms with Crippen molar-refractivity contribution in [1.82, 2.24) is 9.80 Å². The summed E-state index contributed by atoms with van der Waals surface area (Å²) in [5, 5.41) is 9.65. The van der Waals surface area contributed by atoms with Crippen LogP contribution in [0.3, 0.4) is 0 Å². The summed E-state index contributed by atoms with van der Waals surface area (Å²) in [4.78, 5) is 16.4. The molecule has 0 radical (unpaired) electrons. The van der Waals surface area contributed by atoms with Crippen LogP contribution in [0.5, 0.6) is 0 Å². The summed E-state index contributed by atoms with van der Waals surface area (Å²) < 4.78 is 0. The number of benzene rings is 1. The summed E-state index contributed by atoms with van der Waals surface area (Å²) in [6.07, 6.45) is 4.36. The molecule has 23 heavy (non-hydrogen) atoms. The monoisotopic (exact) mass is 314 g/mol. The number of hydrogen-bond acceptors (Lipinski definition) is 3. The molecule has 4 heteroatoms. The van der Waals surface area contributed by atoms with Gasteiger partial charge in [0.15, 0.2) is 0 Å². The minimum absolute atomic E-state index is 0.502. The molecule has 1 aliphatic heterocycles. The second kappa shape index (κ2) is 6.25. The highest BCUT2D eigenvalue weighted by atomic mass is 16.4. The fourth-order valence-corrected chi connectivity index (χ4v) is 4.70. The van der Waals surface area contributed by atoms with Gasteiger partial charge in [-0.3, -0.25) is 9.69 Å². The van der Waals surface area contributed by atoms with Crippen LogP contribution in [-0.4, -0.2) is 53.6 Å². The summed E-state index contributed by atoms with van der Waals surface area (Å²) in [6.45, 7) is 4.94. The molecule has 1 saturated heterocycles. The van der Waals surface area contributed by atoms with Gasteiger partial charge in [0.2, 0.25) is 0 Å². The van der Waals surface area contributed by atoms with Gasteiger partial charge in [-0.2, -0.15) is 0 Å². The van der Waals surface area contributed by atoms with Gasteiger partial charge in [-0.25, -0.2) is 0 Å². The second-order valence-corrected chi connectivity index (χ2v) is 7.58. The molecule has 2 aliphatic carbocycles. The van der Waals surface area contributed by atoms with Gasteiger partial charge in [-0.15, -0.1) is 0 Å². The van der Waals surface area contributed by atoms with Crippen molar-refractivity contribution >= 4 is 5.97 Å². The van der Waals surface area contributed by atoms with Crippen molar-refractivity contribution < 1.29 is 9.90 Å². The molecule has 124 valence electrons. The summed E-state index contributed by atoms with van der Waals surface area (Å²) in [7, 11) is 0. The van der Waals surface area contributed by atoms with Crippen molar-refractivity contribution in [3.63, 3.8) is 0 Å². The van der Waals surface area contributed by atoms with Gasteiger partial charge in [0, 0.05) is 32.7 Å². The van der Waals surface area contributed by atoms with Crippen molar-refractivity contribution in [2.45, 2.75) is 25.3 Å². The lowest BCUT2D eigenvalue weighted by Gasteiger charge is -2.38. The number of nitrogens with zero attached hydrogens (tertiary/aromatic N) is 2. The largest absolute Gasteiger partial charge is 0.480 e. The molecular formula is C19H26N2O2. The van der Waals surface area contributed by atoms with Crippen molar-refractivity contribution in [1.29, 1.82) is 0 Å². The summed E-state index contributed by atoms with van der Waals surface area (Å²) >= 11 is 0. The van der Waals surface area contributed by atoms with E-state index in [1.807, 2.05) is 30.3 Å². The van der Waals surface area contributed by atoms with Gasteiger partial charge in [0.1, 0.15) is 6.04 Å². The first kappa shape index (κ1) is 15.2. The highest BCUT2D eigenvalue weighted by molar-refractivity contribution is 5.75. The van der Waals surface area contributed by atoms with E-state index in [0.29, 0.717) is 0 Å². The number of carbonyl (C=O) groups is 1. The predicted octanol–water partition coefficient (Wildman–Crippen LogP) is 2.48. The van der Waals surface area contributed by atoms with Crippen molar-refractivity contribution in [3.8, 4) is 0 Å². The van der Waals surface area contributed by atoms with E-state index in [0.717, 1.165) is 49.5 Å². The lowest BCUT2D eigenvalue weighted by atomic mass is 10.0. The molecule has 0 spiro atoms. The standard InChI is InChI=1S/C19H26N2O2/c22-19(23)18(15-4-2-1-3-5-15)21-8-6-20(7-9-21)13-14-10-16-12-17(16)11-14/h1-5,14,16-18H,6-13H2,(H,22,23). The highest BCUT2D eigenvalue weighted by Gasteiger charge is 2.46. The number of hydrogen-bond donors (Lipinski definition) is 1. The van der Waals surface area contributed by atoms with Crippen LogP contribution < -0.4 is 0 Å². The van der Waals surface area contributed by atoms with E-state index < -0.39 is 12.0 Å². The molecule has 3 fully saturated rings. The van der Waals surface area contributed by atoms with Crippen LogP contribution in [0.15, 0.2) is 30.3 Å². The van der Waals surface area contributed by atoms with Crippen molar-refractivity contribution in [2.75, 3.05) is 32.7 Å². The molecule has 1 aromatic carbocycles. The Labute approximate surface area is 138 Å². The number of rotatable bonds is 5. The van der Waals surface area contributed by atoms with Crippen LogP contribution in [0, 0.1) is 17.8 Å². The van der Waals surface area contributed by atoms with Crippen LogP contribution >= 0.6 is 0 Å². The Morgan fingerprint density at radius 2 is 1.70 bits per heavy atom. The number of carboxylic acid groups (broad SMARTS) is 1. The molecule has 2 saturated carbocycles. The summed E-state index contributed by atoms with van der Waals surface area (Å²) in [6, 6.07) is 9.13. The minimum atomic E-state index is -0.736. The van der Waals surface area contributed by atoms with E-state index in [2.05, 4.69) is 9.80 Å². The van der Waals surface area contributed by atoms with Crippen LogP contribution in [0.25, 0.3) is 0 Å². The van der Waals surface area contributed by atoms with Crippen LogP contribution in [0.4, 0.5) is 0 Å². The molecular weight excluding hydrogens is 288 g/mol. The first-order valence-electron chi connectivity index (χ1n) is 8.95. The van der Waals surface area contributed by atoms with E-state index in [9.17, 15) is 9.90 Å². The van der Waals surface area contributed by atoms with Gasteiger partial charge in [0.05, 0.1) is 0 Å². The van der Waals surface area contributed by atoms with Gasteiger partial charge in [-0.05, 0) is 42.6 Å². The summed E-state index contributed by atoms with van der Waals surface area (Å²) in [5.41, 5.74) is 0.893. The SMILES string of the molecule is O=C(O)C(c1ccccc1)N1CCN(CC2CC3CC3C2)CC1. The van der Waals surface area contributed by atoms with Crippen LogP contribution in [0.2, 0.25) is 0 Å². The van der Waals surface area contributed by atoms with Gasteiger partial charge < -0.3 is 10.0 Å². The van der Waals surface area contributed by atoms with E-state index >= 15 is 0 Å². The quantitative estimate of drug-likeness (QED) is 0.907. The Kier molecular flexibility index (Phi) is 4.12. The van der Waals surface area contributed by atoms with Gasteiger partial charge in [-0.1, -0.05) is 30.3 Å². The Bertz CT molecular complexity index is 544. The van der Waals surface area contributed by atoms with E-state index in [-0.39, 0.29) is 0 Å². The molecule has 1 heterocycles. The second-order valence-electron chi connectivity index (χ2n) is 7.58. The van der Waals surface area contributed by atoms with E-state index in [1.54, 1.807) is 0 Å². The molecule has 1 aromatic rings. The average Bonchev–Trinajstić information content (AvgIpc) is 3.17. The zero-order valence-electron chi connectivity index (χ0n) is 13.6. The maximum atomic E-state index is 11.7. The fraction of sp³-hybridized carbons (Fsp3) is 0.632. The Morgan fingerprint density at radius 1 is 1.04 bits per heavy atom.